The SMILES string of the molecule is CC(C)COc1c(N)cc(Cl)cc1Cl. The number of ether oxygens (including phenoxy) is 1. The van der Waals surface area contributed by atoms with Gasteiger partial charge in [0.2, 0.25) is 0 Å². The summed E-state index contributed by atoms with van der Waals surface area (Å²) in [7, 11) is 0. The summed E-state index contributed by atoms with van der Waals surface area (Å²) in [6, 6.07) is 3.25. The van der Waals surface area contributed by atoms with Gasteiger partial charge in [-0.1, -0.05) is 37.0 Å². The zero-order chi connectivity index (χ0) is 10.7. The van der Waals surface area contributed by atoms with Crippen LogP contribution in [0.4, 0.5) is 5.69 Å². The minimum absolute atomic E-state index is 0.432. The Balaban J connectivity index is 2.86. The molecule has 1 aromatic rings. The summed E-state index contributed by atoms with van der Waals surface area (Å²) in [4.78, 5) is 0. The van der Waals surface area contributed by atoms with Crippen molar-refractivity contribution in [3.63, 3.8) is 0 Å². The second kappa shape index (κ2) is 4.76. The van der Waals surface area contributed by atoms with Crippen LogP contribution in [0, 0.1) is 5.92 Å². The van der Waals surface area contributed by atoms with E-state index < -0.39 is 0 Å². The normalized spacial score (nSPS) is 10.6. The van der Waals surface area contributed by atoms with Crippen molar-refractivity contribution in [2.24, 2.45) is 5.92 Å². The molecule has 14 heavy (non-hydrogen) atoms. The molecule has 0 spiro atoms. The predicted octanol–water partition coefficient (Wildman–Crippen LogP) is 3.61. The summed E-state index contributed by atoms with van der Waals surface area (Å²) in [5.74, 6) is 0.950. The molecule has 1 rings (SSSR count). The van der Waals surface area contributed by atoms with Crippen LogP contribution in [0.5, 0.6) is 5.75 Å². The molecule has 1 aromatic carbocycles. The summed E-state index contributed by atoms with van der Waals surface area (Å²) < 4.78 is 5.47. The Bertz CT molecular complexity index is 303. The van der Waals surface area contributed by atoms with E-state index in [9.17, 15) is 0 Å². The van der Waals surface area contributed by atoms with Crippen LogP contribution in [-0.2, 0) is 0 Å². The van der Waals surface area contributed by atoms with Crippen molar-refractivity contribution < 1.29 is 4.74 Å². The summed E-state index contributed by atoms with van der Waals surface area (Å²) in [6.45, 7) is 4.70. The van der Waals surface area contributed by atoms with Crippen molar-refractivity contribution in [2.75, 3.05) is 12.3 Å². The lowest BCUT2D eigenvalue weighted by molar-refractivity contribution is 0.272. The Hall–Kier alpha value is -0.600. The third-order valence-electron chi connectivity index (χ3n) is 1.60. The fourth-order valence-electron chi connectivity index (χ4n) is 0.983. The molecule has 78 valence electrons. The molecule has 0 aliphatic carbocycles. The smallest absolute Gasteiger partial charge is 0.160 e. The highest BCUT2D eigenvalue weighted by atomic mass is 35.5. The lowest BCUT2D eigenvalue weighted by atomic mass is 10.2. The molecular weight excluding hydrogens is 221 g/mol. The molecular formula is C10H13Cl2NO. The standard InChI is InChI=1S/C10H13Cl2NO/c1-6(2)5-14-10-8(12)3-7(11)4-9(10)13/h3-4,6H,5,13H2,1-2H3. The van der Waals surface area contributed by atoms with E-state index in [-0.39, 0.29) is 0 Å². The van der Waals surface area contributed by atoms with E-state index in [1.54, 1.807) is 12.1 Å². The van der Waals surface area contributed by atoms with Crippen LogP contribution in [0.1, 0.15) is 13.8 Å². The summed E-state index contributed by atoms with van der Waals surface area (Å²) in [5.41, 5.74) is 6.19. The number of anilines is 1. The molecule has 2 nitrogen and oxygen atoms in total. The van der Waals surface area contributed by atoms with Crippen LogP contribution in [0.2, 0.25) is 10.0 Å². The number of rotatable bonds is 3. The van der Waals surface area contributed by atoms with E-state index in [0.29, 0.717) is 34.0 Å². The fourth-order valence-corrected chi connectivity index (χ4v) is 1.55. The summed E-state index contributed by atoms with van der Waals surface area (Å²) in [5, 5.41) is 0.972. The van der Waals surface area contributed by atoms with Crippen molar-refractivity contribution in [1.29, 1.82) is 0 Å². The van der Waals surface area contributed by atoms with Gasteiger partial charge in [0, 0.05) is 5.02 Å². The van der Waals surface area contributed by atoms with E-state index in [1.165, 1.54) is 0 Å². The first-order chi connectivity index (χ1) is 6.50. The molecule has 4 heteroatoms. The molecule has 0 bridgehead atoms. The number of nitrogen functional groups attached to an aromatic ring is 1. The van der Waals surface area contributed by atoms with Gasteiger partial charge in [0.15, 0.2) is 5.75 Å². The Morgan fingerprint density at radius 2 is 2.00 bits per heavy atom. The quantitative estimate of drug-likeness (QED) is 0.810. The highest BCUT2D eigenvalue weighted by Gasteiger charge is 2.08. The zero-order valence-corrected chi connectivity index (χ0v) is 9.69. The van der Waals surface area contributed by atoms with Gasteiger partial charge in [-0.25, -0.2) is 0 Å². The first-order valence-electron chi connectivity index (χ1n) is 4.38. The van der Waals surface area contributed by atoms with Gasteiger partial charge in [-0.05, 0) is 18.1 Å². The van der Waals surface area contributed by atoms with Crippen molar-refractivity contribution in [3.05, 3.63) is 22.2 Å². The monoisotopic (exact) mass is 233 g/mol. The minimum atomic E-state index is 0.432. The molecule has 0 heterocycles. The van der Waals surface area contributed by atoms with E-state index in [0.717, 1.165) is 0 Å². The summed E-state index contributed by atoms with van der Waals surface area (Å²) >= 11 is 11.7. The Morgan fingerprint density at radius 3 is 2.50 bits per heavy atom. The van der Waals surface area contributed by atoms with E-state index in [1.807, 2.05) is 0 Å². The van der Waals surface area contributed by atoms with Crippen molar-refractivity contribution in [2.45, 2.75) is 13.8 Å². The first-order valence-corrected chi connectivity index (χ1v) is 5.13. The molecule has 0 saturated carbocycles. The maximum absolute atomic E-state index is 5.93. The van der Waals surface area contributed by atoms with Gasteiger partial charge < -0.3 is 10.5 Å². The third-order valence-corrected chi connectivity index (χ3v) is 2.10. The van der Waals surface area contributed by atoms with Gasteiger partial charge in [-0.3, -0.25) is 0 Å². The topological polar surface area (TPSA) is 35.2 Å². The average molecular weight is 234 g/mol. The molecule has 0 aliphatic heterocycles. The molecule has 0 atom stereocenters. The fraction of sp³-hybridized carbons (Fsp3) is 0.400. The highest BCUT2D eigenvalue weighted by molar-refractivity contribution is 6.36. The van der Waals surface area contributed by atoms with Crippen LogP contribution in [-0.4, -0.2) is 6.61 Å². The van der Waals surface area contributed by atoms with Gasteiger partial charge in [0.25, 0.3) is 0 Å². The predicted molar refractivity (Wildman–Crippen MR) is 61.2 cm³/mol. The molecule has 0 fully saturated rings. The van der Waals surface area contributed by atoms with Gasteiger partial charge in [-0.15, -0.1) is 0 Å². The Labute approximate surface area is 94.0 Å². The third kappa shape index (κ3) is 2.96. The minimum Gasteiger partial charge on any atom is -0.490 e. The van der Waals surface area contributed by atoms with Crippen LogP contribution in [0.25, 0.3) is 0 Å². The molecule has 0 saturated heterocycles. The average Bonchev–Trinajstić information content (AvgIpc) is 2.01. The maximum atomic E-state index is 5.93. The number of benzene rings is 1. The van der Waals surface area contributed by atoms with Crippen LogP contribution in [0.15, 0.2) is 12.1 Å². The summed E-state index contributed by atoms with van der Waals surface area (Å²) in [6.07, 6.45) is 0. The van der Waals surface area contributed by atoms with E-state index >= 15 is 0 Å². The van der Waals surface area contributed by atoms with Gasteiger partial charge in [0.05, 0.1) is 17.3 Å². The number of hydrogen-bond acceptors (Lipinski definition) is 2. The van der Waals surface area contributed by atoms with Gasteiger partial charge in [-0.2, -0.15) is 0 Å². The Morgan fingerprint density at radius 1 is 1.36 bits per heavy atom. The first kappa shape index (κ1) is 11.5. The number of nitrogens with two attached hydrogens (primary N) is 1. The Kier molecular flexibility index (Phi) is 3.90. The number of hydrogen-bond donors (Lipinski definition) is 1. The van der Waals surface area contributed by atoms with Crippen molar-refractivity contribution in [3.8, 4) is 5.75 Å². The lowest BCUT2D eigenvalue weighted by Crippen LogP contribution is -2.06. The van der Waals surface area contributed by atoms with E-state index in [2.05, 4.69) is 13.8 Å². The molecule has 0 radical (unpaired) electrons. The molecule has 0 unspecified atom stereocenters. The van der Waals surface area contributed by atoms with Crippen LogP contribution in [0.3, 0.4) is 0 Å². The molecule has 0 aromatic heterocycles. The second-order valence-electron chi connectivity index (χ2n) is 3.51. The molecule has 0 amide bonds. The second-order valence-corrected chi connectivity index (χ2v) is 4.35. The van der Waals surface area contributed by atoms with Crippen molar-refractivity contribution in [1.82, 2.24) is 0 Å². The molecule has 0 aliphatic rings. The van der Waals surface area contributed by atoms with Crippen molar-refractivity contribution >= 4 is 28.9 Å². The molecule has 2 N–H and O–H groups in total. The van der Waals surface area contributed by atoms with Gasteiger partial charge in [0.1, 0.15) is 0 Å². The highest BCUT2D eigenvalue weighted by Crippen LogP contribution is 2.34. The van der Waals surface area contributed by atoms with E-state index in [4.69, 9.17) is 33.7 Å². The largest absolute Gasteiger partial charge is 0.490 e. The lowest BCUT2D eigenvalue weighted by Gasteiger charge is -2.12. The van der Waals surface area contributed by atoms with Crippen LogP contribution >= 0.6 is 23.2 Å². The zero-order valence-electron chi connectivity index (χ0n) is 8.18. The van der Waals surface area contributed by atoms with Gasteiger partial charge >= 0.3 is 0 Å². The number of halogens is 2. The van der Waals surface area contributed by atoms with Crippen LogP contribution < -0.4 is 10.5 Å². The maximum Gasteiger partial charge on any atom is 0.160 e.